The van der Waals surface area contributed by atoms with Crippen molar-refractivity contribution in [3.05, 3.63) is 0 Å². The molecule has 0 aromatic carbocycles. The molecule has 0 amide bonds. The lowest BCUT2D eigenvalue weighted by Crippen LogP contribution is -2.47. The normalized spacial score (nSPS) is 31.6. The van der Waals surface area contributed by atoms with Crippen LogP contribution < -0.4 is 5.32 Å². The highest BCUT2D eigenvalue weighted by molar-refractivity contribution is 4.88. The number of ether oxygens (including phenoxy) is 1. The van der Waals surface area contributed by atoms with Gasteiger partial charge < -0.3 is 15.0 Å². The summed E-state index contributed by atoms with van der Waals surface area (Å²) in [5.41, 5.74) is 0. The van der Waals surface area contributed by atoms with Crippen LogP contribution >= 0.6 is 0 Å². The van der Waals surface area contributed by atoms with E-state index in [1.165, 1.54) is 58.2 Å². The van der Waals surface area contributed by atoms with Gasteiger partial charge in [0.2, 0.25) is 0 Å². The fourth-order valence-electron chi connectivity index (χ4n) is 4.51. The van der Waals surface area contributed by atoms with Gasteiger partial charge in [-0.25, -0.2) is 0 Å². The Labute approximate surface area is 130 Å². The van der Waals surface area contributed by atoms with Gasteiger partial charge in [0.15, 0.2) is 0 Å². The monoisotopic (exact) mass is 295 g/mol. The maximum Gasteiger partial charge on any atom is 0.0594 e. The van der Waals surface area contributed by atoms with E-state index in [-0.39, 0.29) is 0 Å². The second-order valence-electron chi connectivity index (χ2n) is 7.14. The zero-order valence-corrected chi connectivity index (χ0v) is 13.7. The molecule has 21 heavy (non-hydrogen) atoms. The van der Waals surface area contributed by atoms with E-state index in [1.807, 2.05) is 0 Å². The van der Waals surface area contributed by atoms with Gasteiger partial charge in [0.05, 0.1) is 13.2 Å². The number of morpholine rings is 1. The van der Waals surface area contributed by atoms with Gasteiger partial charge in [-0.1, -0.05) is 19.3 Å². The van der Waals surface area contributed by atoms with Crippen molar-refractivity contribution in [2.45, 2.75) is 50.6 Å². The maximum atomic E-state index is 5.48. The van der Waals surface area contributed by atoms with Crippen molar-refractivity contribution in [3.8, 4) is 0 Å². The maximum absolute atomic E-state index is 5.48. The Hall–Kier alpha value is -0.160. The Morgan fingerprint density at radius 3 is 2.52 bits per heavy atom. The van der Waals surface area contributed by atoms with Crippen molar-refractivity contribution in [1.29, 1.82) is 0 Å². The van der Waals surface area contributed by atoms with E-state index in [0.717, 1.165) is 38.3 Å². The van der Waals surface area contributed by atoms with Crippen LogP contribution in [0, 0.1) is 5.92 Å². The summed E-state index contributed by atoms with van der Waals surface area (Å²) in [6.07, 6.45) is 8.56. The summed E-state index contributed by atoms with van der Waals surface area (Å²) in [4.78, 5) is 5.36. The van der Waals surface area contributed by atoms with E-state index in [9.17, 15) is 0 Å². The highest BCUT2D eigenvalue weighted by Gasteiger charge is 2.31. The molecular weight excluding hydrogens is 262 g/mol. The molecule has 3 aliphatic rings. The smallest absolute Gasteiger partial charge is 0.0594 e. The zero-order valence-electron chi connectivity index (χ0n) is 13.7. The molecule has 0 spiro atoms. The molecule has 0 bridgehead atoms. The molecule has 3 fully saturated rings. The van der Waals surface area contributed by atoms with Crippen molar-refractivity contribution in [2.75, 3.05) is 53.0 Å². The Balaban J connectivity index is 1.46. The average molecular weight is 295 g/mol. The molecular formula is C17H33N3O. The summed E-state index contributed by atoms with van der Waals surface area (Å²) in [5, 5.41) is 3.62. The molecule has 2 aliphatic heterocycles. The molecule has 1 saturated carbocycles. The fourth-order valence-corrected chi connectivity index (χ4v) is 4.51. The van der Waals surface area contributed by atoms with Crippen LogP contribution in [-0.2, 0) is 4.74 Å². The van der Waals surface area contributed by atoms with Gasteiger partial charge in [-0.3, -0.25) is 4.90 Å². The molecule has 2 heterocycles. The van der Waals surface area contributed by atoms with Crippen molar-refractivity contribution in [2.24, 2.45) is 5.92 Å². The third kappa shape index (κ3) is 4.19. The first kappa shape index (κ1) is 15.7. The summed E-state index contributed by atoms with van der Waals surface area (Å²) < 4.78 is 5.48. The van der Waals surface area contributed by atoms with Crippen LogP contribution in [-0.4, -0.2) is 74.9 Å². The van der Waals surface area contributed by atoms with Crippen LogP contribution in [0.5, 0.6) is 0 Å². The van der Waals surface area contributed by atoms with E-state index in [1.54, 1.807) is 0 Å². The lowest BCUT2D eigenvalue weighted by Gasteiger charge is -2.34. The summed E-state index contributed by atoms with van der Waals surface area (Å²) in [5.74, 6) is 0.909. The highest BCUT2D eigenvalue weighted by atomic mass is 16.5. The molecule has 3 rings (SSSR count). The van der Waals surface area contributed by atoms with Crippen LogP contribution in [0.15, 0.2) is 0 Å². The molecule has 0 aromatic heterocycles. The Kier molecular flexibility index (Phi) is 5.92. The van der Waals surface area contributed by atoms with Gasteiger partial charge in [0.1, 0.15) is 0 Å². The molecule has 2 saturated heterocycles. The number of nitrogens with zero attached hydrogens (tertiary/aromatic N) is 2. The SMILES string of the molecule is CNC(CN1CCC(N2CCOCC2)C1)C1CCCCC1. The van der Waals surface area contributed by atoms with Gasteiger partial charge in [0.25, 0.3) is 0 Å². The Morgan fingerprint density at radius 2 is 1.81 bits per heavy atom. The predicted molar refractivity (Wildman–Crippen MR) is 86.7 cm³/mol. The molecule has 122 valence electrons. The minimum absolute atomic E-state index is 0.703. The molecule has 1 N–H and O–H groups in total. The van der Waals surface area contributed by atoms with Crippen LogP contribution in [0.25, 0.3) is 0 Å². The lowest BCUT2D eigenvalue weighted by atomic mass is 9.83. The molecule has 0 radical (unpaired) electrons. The average Bonchev–Trinajstić information content (AvgIpc) is 3.03. The van der Waals surface area contributed by atoms with Crippen LogP contribution in [0.3, 0.4) is 0 Å². The lowest BCUT2D eigenvalue weighted by molar-refractivity contribution is 0.0182. The molecule has 4 heteroatoms. The molecule has 2 atom stereocenters. The van der Waals surface area contributed by atoms with E-state index < -0.39 is 0 Å². The second-order valence-corrected chi connectivity index (χ2v) is 7.14. The zero-order chi connectivity index (χ0) is 14.5. The van der Waals surface area contributed by atoms with Crippen molar-refractivity contribution >= 4 is 0 Å². The van der Waals surface area contributed by atoms with Gasteiger partial charge in [-0.15, -0.1) is 0 Å². The van der Waals surface area contributed by atoms with Crippen LogP contribution in [0.4, 0.5) is 0 Å². The van der Waals surface area contributed by atoms with Crippen molar-refractivity contribution in [1.82, 2.24) is 15.1 Å². The van der Waals surface area contributed by atoms with E-state index >= 15 is 0 Å². The van der Waals surface area contributed by atoms with E-state index in [2.05, 4.69) is 22.2 Å². The molecule has 1 aliphatic carbocycles. The summed E-state index contributed by atoms with van der Waals surface area (Å²) >= 11 is 0. The van der Waals surface area contributed by atoms with Crippen molar-refractivity contribution < 1.29 is 4.74 Å². The third-order valence-electron chi connectivity index (χ3n) is 5.85. The van der Waals surface area contributed by atoms with Crippen molar-refractivity contribution in [3.63, 3.8) is 0 Å². The van der Waals surface area contributed by atoms with Gasteiger partial charge in [-0.05, 0) is 38.8 Å². The minimum Gasteiger partial charge on any atom is -0.379 e. The third-order valence-corrected chi connectivity index (χ3v) is 5.85. The number of likely N-dealkylation sites (tertiary alicyclic amines) is 1. The topological polar surface area (TPSA) is 27.7 Å². The highest BCUT2D eigenvalue weighted by Crippen LogP contribution is 2.27. The van der Waals surface area contributed by atoms with E-state index in [4.69, 9.17) is 4.74 Å². The molecule has 0 aromatic rings. The van der Waals surface area contributed by atoms with Gasteiger partial charge >= 0.3 is 0 Å². The van der Waals surface area contributed by atoms with Gasteiger partial charge in [0, 0.05) is 38.3 Å². The molecule has 2 unspecified atom stereocenters. The Bertz CT molecular complexity index is 300. The number of hydrogen-bond donors (Lipinski definition) is 1. The summed E-state index contributed by atoms with van der Waals surface area (Å²) in [6, 6.07) is 1.48. The van der Waals surface area contributed by atoms with E-state index in [0.29, 0.717) is 6.04 Å². The number of likely N-dealkylation sites (N-methyl/N-ethyl adjacent to an activating group) is 1. The Morgan fingerprint density at radius 1 is 1.05 bits per heavy atom. The van der Waals surface area contributed by atoms with Crippen LogP contribution in [0.2, 0.25) is 0 Å². The van der Waals surface area contributed by atoms with Crippen LogP contribution in [0.1, 0.15) is 38.5 Å². The first-order chi connectivity index (χ1) is 10.4. The number of rotatable bonds is 5. The quantitative estimate of drug-likeness (QED) is 0.833. The second kappa shape index (κ2) is 7.91. The molecule has 4 nitrogen and oxygen atoms in total. The predicted octanol–water partition coefficient (Wildman–Crippen LogP) is 1.56. The number of hydrogen-bond acceptors (Lipinski definition) is 4. The summed E-state index contributed by atoms with van der Waals surface area (Å²) in [7, 11) is 2.16. The standard InChI is InChI=1S/C17H33N3O/c1-18-17(15-5-3-2-4-6-15)14-19-8-7-16(13-19)20-9-11-21-12-10-20/h15-18H,2-14H2,1H3. The van der Waals surface area contributed by atoms with Gasteiger partial charge in [-0.2, -0.15) is 0 Å². The first-order valence-electron chi connectivity index (χ1n) is 9.08. The first-order valence-corrected chi connectivity index (χ1v) is 9.08. The minimum atomic E-state index is 0.703. The number of nitrogens with one attached hydrogen (secondary N) is 1. The largest absolute Gasteiger partial charge is 0.379 e. The summed E-state index contributed by atoms with van der Waals surface area (Å²) in [6.45, 7) is 7.93. The fraction of sp³-hybridized carbons (Fsp3) is 1.00.